The van der Waals surface area contributed by atoms with Gasteiger partial charge >= 0.3 is 5.97 Å². The van der Waals surface area contributed by atoms with Crippen LogP contribution in [0, 0.1) is 11.7 Å². The van der Waals surface area contributed by atoms with Crippen molar-refractivity contribution in [1.29, 1.82) is 0 Å². The highest BCUT2D eigenvalue weighted by molar-refractivity contribution is 9.10. The van der Waals surface area contributed by atoms with Gasteiger partial charge in [0, 0.05) is 16.0 Å². The molecule has 7 heteroatoms. The summed E-state index contributed by atoms with van der Waals surface area (Å²) in [4.78, 5) is 15.1. The van der Waals surface area contributed by atoms with Gasteiger partial charge in [0.05, 0.1) is 5.92 Å². The van der Waals surface area contributed by atoms with E-state index in [0.29, 0.717) is 10.0 Å². The zero-order chi connectivity index (χ0) is 14.9. The largest absolute Gasteiger partial charge is 0.481 e. The van der Waals surface area contributed by atoms with Crippen molar-refractivity contribution in [2.75, 3.05) is 0 Å². The Morgan fingerprint density at radius 3 is 2.75 bits per heavy atom. The predicted molar refractivity (Wildman–Crippen MR) is 72.6 cm³/mol. The van der Waals surface area contributed by atoms with Crippen LogP contribution in [0.1, 0.15) is 25.7 Å². The number of hydrogen-bond acceptors (Lipinski definition) is 4. The van der Waals surface area contributed by atoms with E-state index in [1.807, 2.05) is 0 Å². The van der Waals surface area contributed by atoms with Crippen LogP contribution < -0.4 is 0 Å². The van der Waals surface area contributed by atoms with E-state index in [0.717, 1.165) is 0 Å². The molecule has 1 N–H and O–H groups in total. The van der Waals surface area contributed by atoms with E-state index in [1.165, 1.54) is 18.2 Å². The third kappa shape index (κ3) is 2.87. The molecular formula is C13H12BrFN2O3. The van der Waals surface area contributed by atoms with Gasteiger partial charge < -0.3 is 9.63 Å². The van der Waals surface area contributed by atoms with Crippen molar-refractivity contribution in [3.63, 3.8) is 0 Å². The van der Waals surface area contributed by atoms with Gasteiger partial charge in [0.1, 0.15) is 5.82 Å². The molecule has 0 radical (unpaired) electrons. The average molecular weight is 343 g/mol. The lowest BCUT2D eigenvalue weighted by Crippen LogP contribution is -2.16. The van der Waals surface area contributed by atoms with Crippen LogP contribution in [-0.2, 0) is 4.79 Å². The summed E-state index contributed by atoms with van der Waals surface area (Å²) in [6.45, 7) is 3.28. The van der Waals surface area contributed by atoms with Crippen LogP contribution in [0.2, 0.25) is 0 Å². The first kappa shape index (κ1) is 14.6. The number of aromatic nitrogens is 2. The molecule has 0 saturated carbocycles. The molecule has 20 heavy (non-hydrogen) atoms. The maximum Gasteiger partial charge on any atom is 0.307 e. The summed E-state index contributed by atoms with van der Waals surface area (Å²) < 4.78 is 18.6. The van der Waals surface area contributed by atoms with Gasteiger partial charge in [-0.25, -0.2) is 4.39 Å². The highest BCUT2D eigenvalue weighted by atomic mass is 79.9. The topological polar surface area (TPSA) is 76.2 Å². The molecule has 0 saturated heterocycles. The smallest absolute Gasteiger partial charge is 0.307 e. The predicted octanol–water partition coefficient (Wildman–Crippen LogP) is 3.46. The molecule has 5 nitrogen and oxygen atoms in total. The van der Waals surface area contributed by atoms with E-state index in [4.69, 9.17) is 9.63 Å². The van der Waals surface area contributed by atoms with Gasteiger partial charge in [0.15, 0.2) is 0 Å². The zero-order valence-electron chi connectivity index (χ0n) is 10.8. The Hall–Kier alpha value is -1.76. The second-order valence-corrected chi connectivity index (χ2v) is 5.35. The summed E-state index contributed by atoms with van der Waals surface area (Å²) in [7, 11) is 0. The fourth-order valence-electron chi connectivity index (χ4n) is 1.63. The minimum Gasteiger partial charge on any atom is -0.481 e. The number of carboxylic acids is 1. The van der Waals surface area contributed by atoms with Gasteiger partial charge in [-0.3, -0.25) is 4.79 Å². The molecule has 0 bridgehead atoms. The number of hydrogen-bond donors (Lipinski definition) is 1. The summed E-state index contributed by atoms with van der Waals surface area (Å²) in [5.74, 6) is -1.83. The Kier molecular flexibility index (Phi) is 4.17. The number of nitrogens with zero attached hydrogens (tertiary/aromatic N) is 2. The molecule has 0 amide bonds. The Bertz CT molecular complexity index is 644. The van der Waals surface area contributed by atoms with Gasteiger partial charge in [-0.2, -0.15) is 4.98 Å². The molecule has 0 aliphatic heterocycles. The maximum atomic E-state index is 13.0. The number of carbonyl (C=O) groups is 1. The molecule has 2 unspecified atom stereocenters. The third-order valence-electron chi connectivity index (χ3n) is 3.14. The van der Waals surface area contributed by atoms with Crippen LogP contribution in [0.5, 0.6) is 0 Å². The Labute approximate surface area is 122 Å². The monoisotopic (exact) mass is 342 g/mol. The molecule has 0 aliphatic carbocycles. The number of rotatable bonds is 4. The highest BCUT2D eigenvalue weighted by Gasteiger charge is 2.26. The number of benzene rings is 1. The van der Waals surface area contributed by atoms with Gasteiger partial charge in [-0.05, 0) is 34.1 Å². The number of halogens is 2. The average Bonchev–Trinajstić information content (AvgIpc) is 2.86. The van der Waals surface area contributed by atoms with E-state index < -0.39 is 17.8 Å². The zero-order valence-corrected chi connectivity index (χ0v) is 12.4. The summed E-state index contributed by atoms with van der Waals surface area (Å²) in [5, 5.41) is 12.8. The first-order chi connectivity index (χ1) is 9.40. The van der Waals surface area contributed by atoms with Crippen molar-refractivity contribution >= 4 is 21.9 Å². The standard InChI is InChI=1S/C13H12BrFN2O3/c1-6(7(2)13(18)19)12-16-11(17-20-12)9-4-3-8(15)5-10(9)14/h3-7H,1-2H3,(H,18,19). The molecule has 1 aromatic heterocycles. The molecule has 2 atom stereocenters. The lowest BCUT2D eigenvalue weighted by atomic mass is 9.96. The fraction of sp³-hybridized carbons (Fsp3) is 0.308. The van der Waals surface area contributed by atoms with Crippen LogP contribution in [-0.4, -0.2) is 21.2 Å². The van der Waals surface area contributed by atoms with Gasteiger partial charge in [-0.1, -0.05) is 19.0 Å². The van der Waals surface area contributed by atoms with E-state index >= 15 is 0 Å². The summed E-state index contributed by atoms with van der Waals surface area (Å²) in [6.07, 6.45) is 0. The van der Waals surface area contributed by atoms with Crippen molar-refractivity contribution < 1.29 is 18.8 Å². The molecule has 2 aromatic rings. The molecule has 0 spiro atoms. The van der Waals surface area contributed by atoms with Crippen LogP contribution in [0.15, 0.2) is 27.2 Å². The molecule has 0 fully saturated rings. The van der Waals surface area contributed by atoms with Crippen molar-refractivity contribution in [3.05, 3.63) is 34.4 Å². The highest BCUT2D eigenvalue weighted by Crippen LogP contribution is 2.29. The Morgan fingerprint density at radius 2 is 2.15 bits per heavy atom. The summed E-state index contributed by atoms with van der Waals surface area (Å²) >= 11 is 3.23. The van der Waals surface area contributed by atoms with E-state index in [9.17, 15) is 9.18 Å². The summed E-state index contributed by atoms with van der Waals surface area (Å²) in [6, 6.07) is 4.12. The van der Waals surface area contributed by atoms with Crippen LogP contribution >= 0.6 is 15.9 Å². The van der Waals surface area contributed by atoms with Crippen molar-refractivity contribution in [3.8, 4) is 11.4 Å². The van der Waals surface area contributed by atoms with Crippen molar-refractivity contribution in [2.24, 2.45) is 5.92 Å². The molecular weight excluding hydrogens is 331 g/mol. The molecule has 106 valence electrons. The second-order valence-electron chi connectivity index (χ2n) is 4.50. The van der Waals surface area contributed by atoms with Crippen molar-refractivity contribution in [1.82, 2.24) is 10.1 Å². The van der Waals surface area contributed by atoms with Gasteiger partial charge in [0.2, 0.25) is 11.7 Å². The quantitative estimate of drug-likeness (QED) is 0.920. The minimum absolute atomic E-state index is 0.242. The Morgan fingerprint density at radius 1 is 1.45 bits per heavy atom. The van der Waals surface area contributed by atoms with Crippen LogP contribution in [0.4, 0.5) is 4.39 Å². The lowest BCUT2D eigenvalue weighted by molar-refractivity contribution is -0.141. The van der Waals surface area contributed by atoms with Crippen LogP contribution in [0.3, 0.4) is 0 Å². The van der Waals surface area contributed by atoms with E-state index in [2.05, 4.69) is 26.1 Å². The minimum atomic E-state index is -0.930. The van der Waals surface area contributed by atoms with Gasteiger partial charge in [0.25, 0.3) is 0 Å². The molecule has 2 rings (SSSR count). The lowest BCUT2D eigenvalue weighted by Gasteiger charge is -2.10. The van der Waals surface area contributed by atoms with Gasteiger partial charge in [-0.15, -0.1) is 0 Å². The summed E-state index contributed by atoms with van der Waals surface area (Å²) in [5.41, 5.74) is 0.580. The normalized spacial score (nSPS) is 14.0. The molecule has 1 aromatic carbocycles. The van der Waals surface area contributed by atoms with E-state index in [-0.39, 0.29) is 17.5 Å². The Balaban J connectivity index is 2.31. The number of carboxylic acid groups (broad SMARTS) is 1. The first-order valence-electron chi connectivity index (χ1n) is 5.92. The molecule has 1 heterocycles. The maximum absolute atomic E-state index is 13.0. The van der Waals surface area contributed by atoms with Crippen LogP contribution in [0.25, 0.3) is 11.4 Å². The third-order valence-corrected chi connectivity index (χ3v) is 3.80. The second kappa shape index (κ2) is 5.70. The fourth-order valence-corrected chi connectivity index (χ4v) is 2.16. The molecule has 0 aliphatic rings. The number of aliphatic carboxylic acids is 1. The SMILES string of the molecule is CC(C(=O)O)C(C)c1nc(-c2ccc(F)cc2Br)no1. The van der Waals surface area contributed by atoms with Crippen molar-refractivity contribution in [2.45, 2.75) is 19.8 Å². The first-order valence-corrected chi connectivity index (χ1v) is 6.71. The van der Waals surface area contributed by atoms with E-state index in [1.54, 1.807) is 13.8 Å².